The van der Waals surface area contributed by atoms with Gasteiger partial charge in [0.05, 0.1) is 32.2 Å². The number of hydrogen-bond acceptors (Lipinski definition) is 10. The number of esters is 2. The third-order valence-corrected chi connectivity index (χ3v) is 6.66. The fourth-order valence-electron chi connectivity index (χ4n) is 3.01. The molecule has 3 atom stereocenters. The van der Waals surface area contributed by atoms with Crippen molar-refractivity contribution in [1.82, 2.24) is 29.7 Å². The van der Waals surface area contributed by atoms with E-state index in [1.807, 2.05) is 0 Å². The van der Waals surface area contributed by atoms with E-state index in [0.29, 0.717) is 0 Å². The van der Waals surface area contributed by atoms with Gasteiger partial charge in [0.2, 0.25) is 7.44 Å². The second kappa shape index (κ2) is 12.2. The van der Waals surface area contributed by atoms with Gasteiger partial charge in [-0.25, -0.2) is 15.2 Å². The second-order valence-corrected chi connectivity index (χ2v) is 9.75. The highest BCUT2D eigenvalue weighted by atomic mass is 31.2. The van der Waals surface area contributed by atoms with Crippen LogP contribution in [0.1, 0.15) is 34.6 Å². The van der Waals surface area contributed by atoms with Gasteiger partial charge in [0, 0.05) is 0 Å². The van der Waals surface area contributed by atoms with Crippen molar-refractivity contribution in [2.24, 2.45) is 0 Å². The zero-order valence-electron chi connectivity index (χ0n) is 19.8. The van der Waals surface area contributed by atoms with Gasteiger partial charge in [-0.15, -0.1) is 0 Å². The van der Waals surface area contributed by atoms with E-state index in [-0.39, 0.29) is 43.1 Å². The molecular formula is C19H31FN7O6P. The molecule has 0 aromatic carbocycles. The summed E-state index contributed by atoms with van der Waals surface area (Å²) in [5.74, 6) is -1.30. The molecule has 2 aromatic heterocycles. The smallest absolute Gasteiger partial charge is 0.323 e. The van der Waals surface area contributed by atoms with E-state index >= 15 is 0 Å². The average molecular weight is 503 g/mol. The van der Waals surface area contributed by atoms with E-state index in [2.05, 4.69) is 25.1 Å². The number of nitrogens with zero attached hydrogens (tertiary/aromatic N) is 4. The highest BCUT2D eigenvalue weighted by Crippen LogP contribution is 2.38. The van der Waals surface area contributed by atoms with Gasteiger partial charge in [0.1, 0.15) is 23.9 Å². The molecule has 0 radical (unpaired) electrons. The van der Waals surface area contributed by atoms with E-state index in [4.69, 9.17) is 19.9 Å². The normalized spacial score (nSPS) is 14.5. The summed E-state index contributed by atoms with van der Waals surface area (Å²) in [7, 11) is -3.65. The number of aromatic nitrogens is 4. The zero-order chi connectivity index (χ0) is 25.5. The molecule has 34 heavy (non-hydrogen) atoms. The molecular weight excluding hydrogens is 472 g/mol. The molecule has 4 N–H and O–H groups in total. The minimum absolute atomic E-state index is 0.0892. The number of nitrogen functional groups attached to an aromatic ring is 1. The van der Waals surface area contributed by atoms with Gasteiger partial charge >= 0.3 is 18.0 Å². The first-order valence-corrected chi connectivity index (χ1v) is 12.6. The Morgan fingerprint density at radius 2 is 1.68 bits per heavy atom. The van der Waals surface area contributed by atoms with Crippen molar-refractivity contribution in [2.75, 3.05) is 25.3 Å². The topological polar surface area (TPSA) is 173 Å². The maximum atomic E-state index is 13.6. The number of carbonyl (C=O) groups excluding carboxylic acids is 2. The Hall–Kier alpha value is -2.67. The monoisotopic (exact) mass is 503 g/mol. The first-order chi connectivity index (χ1) is 16.0. The van der Waals surface area contributed by atoms with Crippen molar-refractivity contribution in [1.29, 1.82) is 0 Å². The van der Waals surface area contributed by atoms with Gasteiger partial charge in [-0.2, -0.15) is 14.4 Å². The molecule has 2 heterocycles. The van der Waals surface area contributed by atoms with E-state index in [0.717, 1.165) is 0 Å². The number of ether oxygens (including phenoxy) is 3. The number of nitrogens with one attached hydrogen (secondary N) is 2. The highest BCUT2D eigenvalue weighted by Gasteiger charge is 2.32. The van der Waals surface area contributed by atoms with Gasteiger partial charge in [0.15, 0.2) is 11.5 Å². The predicted octanol–water partition coefficient (Wildman–Crippen LogP) is 1.19. The average Bonchev–Trinajstić information content (AvgIpc) is 3.15. The summed E-state index contributed by atoms with van der Waals surface area (Å²) in [5.41, 5.74) is 6.11. The fourth-order valence-corrected chi connectivity index (χ4v) is 5.16. The Morgan fingerprint density at radius 1 is 1.12 bits per heavy atom. The van der Waals surface area contributed by atoms with Crippen LogP contribution in [-0.2, 0) is 34.9 Å². The lowest BCUT2D eigenvalue weighted by Gasteiger charge is -2.27. The number of anilines is 1. The molecule has 15 heteroatoms. The second-order valence-electron chi connectivity index (χ2n) is 7.50. The van der Waals surface area contributed by atoms with Gasteiger partial charge in [0.25, 0.3) is 0 Å². The largest absolute Gasteiger partial charge is 0.465 e. The van der Waals surface area contributed by atoms with Gasteiger partial charge < -0.3 is 24.5 Å². The van der Waals surface area contributed by atoms with Crippen molar-refractivity contribution in [3.05, 3.63) is 12.4 Å². The molecule has 2 rings (SSSR count). The summed E-state index contributed by atoms with van der Waals surface area (Å²) >= 11 is 0. The molecule has 0 aliphatic carbocycles. The van der Waals surface area contributed by atoms with Crippen LogP contribution in [0.2, 0.25) is 0 Å². The van der Waals surface area contributed by atoms with Crippen LogP contribution in [0.3, 0.4) is 0 Å². The van der Waals surface area contributed by atoms with Crippen LogP contribution in [0.15, 0.2) is 6.33 Å². The molecule has 0 unspecified atom stereocenters. The number of rotatable bonds is 13. The molecule has 190 valence electrons. The van der Waals surface area contributed by atoms with E-state index < -0.39 is 43.6 Å². The molecule has 0 saturated heterocycles. The van der Waals surface area contributed by atoms with Crippen LogP contribution in [0.25, 0.3) is 11.2 Å². The first-order valence-electron chi connectivity index (χ1n) is 10.7. The lowest BCUT2D eigenvalue weighted by molar-refractivity contribution is -0.145. The number of halogens is 1. The summed E-state index contributed by atoms with van der Waals surface area (Å²) < 4.78 is 44.4. The van der Waals surface area contributed by atoms with Crippen LogP contribution in [0.4, 0.5) is 10.2 Å². The van der Waals surface area contributed by atoms with Gasteiger partial charge in [-0.3, -0.25) is 14.2 Å². The molecule has 0 spiro atoms. The van der Waals surface area contributed by atoms with Crippen LogP contribution < -0.4 is 15.9 Å². The maximum Gasteiger partial charge on any atom is 0.323 e. The summed E-state index contributed by atoms with van der Waals surface area (Å²) in [6.45, 7) is 8.46. The Balaban J connectivity index is 2.13. The third-order valence-electron chi connectivity index (χ3n) is 4.54. The summed E-state index contributed by atoms with van der Waals surface area (Å²) in [6.07, 6.45) is -0.500. The van der Waals surface area contributed by atoms with Gasteiger partial charge in [-0.1, -0.05) is 0 Å². The lowest BCUT2D eigenvalue weighted by Crippen LogP contribution is -2.43. The van der Waals surface area contributed by atoms with Gasteiger partial charge in [-0.05, 0) is 34.6 Å². The molecule has 13 nitrogen and oxygen atoms in total. The number of imidazole rings is 1. The van der Waals surface area contributed by atoms with Crippen LogP contribution in [0.5, 0.6) is 0 Å². The highest BCUT2D eigenvalue weighted by molar-refractivity contribution is 7.59. The Morgan fingerprint density at radius 3 is 2.21 bits per heavy atom. The van der Waals surface area contributed by atoms with Crippen molar-refractivity contribution < 1.29 is 32.8 Å². The first kappa shape index (κ1) is 27.6. The van der Waals surface area contributed by atoms with E-state index in [1.165, 1.54) is 24.7 Å². The van der Waals surface area contributed by atoms with Crippen LogP contribution in [0, 0.1) is 6.08 Å². The number of fused-ring (bicyclic) bond motifs is 1. The maximum absolute atomic E-state index is 13.6. The van der Waals surface area contributed by atoms with Crippen LogP contribution >= 0.6 is 7.44 Å². The van der Waals surface area contributed by atoms with Crippen molar-refractivity contribution in [3.63, 3.8) is 0 Å². The molecule has 0 aliphatic heterocycles. The Bertz CT molecular complexity index is 1020. The SMILES string of the molecule is CCOC(=O)[C@H](C)NP(=O)(CO[C@H](C)Cn1cnc2c(N)nc(F)nc21)N[C@@H](C)C(=O)OCC. The third kappa shape index (κ3) is 7.42. The molecule has 0 saturated carbocycles. The minimum atomic E-state index is -3.65. The standard InChI is InChI=1S/C19H31FN7O6P/c1-6-31-17(28)12(4)25-34(30,26-13(5)18(29)32-7-2)10-33-11(3)8-27-9-22-14-15(21)23-19(20)24-16(14)27/h9,11-13H,6-8,10H2,1-5H3,(H2,21,23,24)(H2,25,26,30)/t11-,12+,13+/m1/s1. The quantitative estimate of drug-likeness (QED) is 0.203. The van der Waals surface area contributed by atoms with Crippen molar-refractivity contribution >= 4 is 36.4 Å². The lowest BCUT2D eigenvalue weighted by atomic mass is 10.4. The number of nitrogens with two attached hydrogens (primary N) is 1. The van der Waals surface area contributed by atoms with E-state index in [1.54, 1.807) is 20.8 Å². The van der Waals surface area contributed by atoms with Crippen LogP contribution in [-0.4, -0.2) is 69.2 Å². The van der Waals surface area contributed by atoms with Crippen molar-refractivity contribution in [2.45, 2.75) is 59.4 Å². The summed E-state index contributed by atoms with van der Waals surface area (Å²) in [5, 5.41) is 5.39. The van der Waals surface area contributed by atoms with E-state index in [9.17, 15) is 18.5 Å². The predicted molar refractivity (Wildman–Crippen MR) is 121 cm³/mol. The zero-order valence-corrected chi connectivity index (χ0v) is 20.7. The van der Waals surface area contributed by atoms with Crippen molar-refractivity contribution in [3.8, 4) is 0 Å². The number of hydrogen-bond donors (Lipinski definition) is 3. The Kier molecular flexibility index (Phi) is 9.86. The molecule has 0 bridgehead atoms. The molecule has 0 aliphatic rings. The molecule has 2 aromatic rings. The number of carbonyl (C=O) groups is 2. The minimum Gasteiger partial charge on any atom is -0.465 e. The summed E-state index contributed by atoms with van der Waals surface area (Å²) in [4.78, 5) is 35.3. The Labute approximate surface area is 196 Å². The summed E-state index contributed by atoms with van der Waals surface area (Å²) in [6, 6.07) is -1.88. The fraction of sp³-hybridized carbons (Fsp3) is 0.632. The molecule has 0 amide bonds. The molecule has 0 fully saturated rings.